The van der Waals surface area contributed by atoms with Crippen LogP contribution in [0.3, 0.4) is 0 Å². The summed E-state index contributed by atoms with van der Waals surface area (Å²) in [6, 6.07) is 14.4. The van der Waals surface area contributed by atoms with Gasteiger partial charge in [0.15, 0.2) is 11.8 Å². The first-order valence-corrected chi connectivity index (χ1v) is 25.5. The Morgan fingerprint density at radius 3 is 2.34 bits per heavy atom. The Morgan fingerprint density at radius 2 is 1.65 bits per heavy atom. The van der Waals surface area contributed by atoms with Gasteiger partial charge in [-0.25, -0.2) is 0 Å². The van der Waals surface area contributed by atoms with Gasteiger partial charge in [0.1, 0.15) is 41.5 Å². The minimum Gasteiger partial charge on any atom is -0.460 e. The fraction of sp³-hybridized carbons (Fsp3) is 0.667. The van der Waals surface area contributed by atoms with Crippen molar-refractivity contribution >= 4 is 29.8 Å². The molecule has 0 radical (unpaired) electrons. The molecule has 11 unspecified atom stereocenters. The number of hydroxylamine groups is 2. The van der Waals surface area contributed by atoms with Crippen LogP contribution in [0, 0.1) is 11.3 Å². The highest BCUT2D eigenvalue weighted by atomic mass is 16.8. The van der Waals surface area contributed by atoms with Crippen molar-refractivity contribution in [3.05, 3.63) is 77.4 Å². The quantitative estimate of drug-likeness (QED) is 0.0685. The number of allylic oxidation sites excluding steroid dienone is 1. The van der Waals surface area contributed by atoms with E-state index in [1.165, 1.54) is 4.90 Å². The van der Waals surface area contributed by atoms with E-state index in [0.29, 0.717) is 31.0 Å². The third kappa shape index (κ3) is 11.1. The topological polar surface area (TPSA) is 166 Å². The highest BCUT2D eigenvalue weighted by Crippen LogP contribution is 2.59. The number of epoxide rings is 1. The van der Waals surface area contributed by atoms with Crippen molar-refractivity contribution in [2.45, 2.75) is 204 Å². The molecule has 2 bridgehead atoms. The summed E-state index contributed by atoms with van der Waals surface area (Å²) in [5.41, 5.74) is 0.494. The third-order valence-electron chi connectivity index (χ3n) is 15.0. The van der Waals surface area contributed by atoms with Crippen molar-refractivity contribution in [3.8, 4) is 0 Å². The largest absolute Gasteiger partial charge is 0.460 e. The Balaban J connectivity index is 1.13. The molecule has 6 fully saturated rings. The summed E-state index contributed by atoms with van der Waals surface area (Å²) in [5.74, 6) is -2.51. The van der Waals surface area contributed by atoms with E-state index < -0.39 is 89.7 Å². The average Bonchev–Trinajstić information content (AvgIpc) is 3.86. The van der Waals surface area contributed by atoms with Crippen LogP contribution in [0.5, 0.6) is 0 Å². The summed E-state index contributed by atoms with van der Waals surface area (Å²) in [6.07, 6.45) is 12.7. The van der Waals surface area contributed by atoms with Crippen molar-refractivity contribution in [2.75, 3.05) is 13.7 Å². The Labute approximate surface area is 402 Å². The molecule has 8 rings (SSSR count). The lowest BCUT2D eigenvalue weighted by atomic mass is 9.62. The number of carbonyl (C=O) groups excluding carboxylic acids is 4. The number of aliphatic hydroxyl groups is 1. The van der Waals surface area contributed by atoms with E-state index in [-0.39, 0.29) is 32.2 Å². The molecular formula is C54H75N3O11. The van der Waals surface area contributed by atoms with Crippen molar-refractivity contribution in [1.29, 1.82) is 0 Å². The number of likely N-dealkylation sites (N-methyl/N-ethyl adjacent to an activating group) is 1. The standard InChI is InChI=1S/C54H75N3O11/c1-7-9-16-28-53(29-17-10-8-2)66-45-43-32-54(51(62)56(6)40(30-35-18-12-11-13-19-35)49(60)55-39(34-58)25-27-44(59)65-52(3,4)5)47(50(61)64-43)57(68-48(54)46(45)67-53)33-38-21-15-14-20-37(38)24-22-36-23-26-41-42(31-36)63-41/h11-15,18-22,24,36,39-43,45-48,58H,7-10,16-17,23,25-34H2,1-6H3,(H,55,60). The van der Waals surface area contributed by atoms with Gasteiger partial charge in [0.2, 0.25) is 11.8 Å². The third-order valence-corrected chi connectivity index (χ3v) is 15.0. The van der Waals surface area contributed by atoms with Gasteiger partial charge in [-0.3, -0.25) is 24.0 Å². The lowest BCUT2D eigenvalue weighted by molar-refractivity contribution is -0.225. The van der Waals surface area contributed by atoms with E-state index in [0.717, 1.165) is 74.5 Å². The molecule has 14 heteroatoms. The van der Waals surface area contributed by atoms with Crippen molar-refractivity contribution in [3.63, 3.8) is 0 Å². The minimum atomic E-state index is -1.53. The molecule has 2 saturated carbocycles. The summed E-state index contributed by atoms with van der Waals surface area (Å²) in [5, 5.41) is 15.0. The van der Waals surface area contributed by atoms with Crippen LogP contribution in [-0.4, -0.2) is 119 Å². The number of nitrogens with zero attached hydrogens (tertiary/aromatic N) is 2. The van der Waals surface area contributed by atoms with Gasteiger partial charge in [-0.15, -0.1) is 0 Å². The monoisotopic (exact) mass is 942 g/mol. The van der Waals surface area contributed by atoms with Gasteiger partial charge in [-0.05, 0) is 81.9 Å². The van der Waals surface area contributed by atoms with Crippen molar-refractivity contribution in [1.82, 2.24) is 15.3 Å². The van der Waals surface area contributed by atoms with Gasteiger partial charge in [0, 0.05) is 39.2 Å². The zero-order valence-corrected chi connectivity index (χ0v) is 41.1. The number of rotatable bonds is 22. The summed E-state index contributed by atoms with van der Waals surface area (Å²) in [4.78, 5) is 66.7. The van der Waals surface area contributed by atoms with E-state index in [2.05, 4.69) is 37.4 Å². The smallest absolute Gasteiger partial charge is 0.327 e. The van der Waals surface area contributed by atoms with Crippen LogP contribution < -0.4 is 5.32 Å². The van der Waals surface area contributed by atoms with Crippen LogP contribution in [0.25, 0.3) is 6.08 Å². The molecule has 2 N–H and O–H groups in total. The van der Waals surface area contributed by atoms with Crippen LogP contribution in [0.1, 0.15) is 141 Å². The first kappa shape index (κ1) is 50.2. The maximum Gasteiger partial charge on any atom is 0.327 e. The van der Waals surface area contributed by atoms with Gasteiger partial charge >= 0.3 is 11.9 Å². The molecule has 4 aliphatic heterocycles. The number of carbonyl (C=O) groups is 4. The SMILES string of the molecule is CCCCCC1(CCCCC)OC2C3CC4(C(=O)N(C)C(Cc5ccccc5)C(=O)NC(CO)CCC(=O)OC(C)(C)C)C(ON(Cc5ccccc5C=CC5CCC6OC6C5)C4C(=O)O3)C2O1. The molecule has 4 heterocycles. The highest BCUT2D eigenvalue weighted by molar-refractivity contribution is 5.96. The average molecular weight is 942 g/mol. The molecular weight excluding hydrogens is 867 g/mol. The van der Waals surface area contributed by atoms with Crippen molar-refractivity contribution in [2.24, 2.45) is 11.3 Å². The second-order valence-corrected chi connectivity index (χ2v) is 21.2. The zero-order chi connectivity index (χ0) is 48.2. The number of benzene rings is 2. The number of ether oxygens (including phenoxy) is 5. The fourth-order valence-electron chi connectivity index (χ4n) is 11.4. The summed E-state index contributed by atoms with van der Waals surface area (Å²) < 4.78 is 31.9. The number of amides is 2. The fourth-order valence-corrected chi connectivity index (χ4v) is 11.4. The predicted molar refractivity (Wildman–Crippen MR) is 254 cm³/mol. The van der Waals surface area contributed by atoms with E-state index in [9.17, 15) is 19.5 Å². The molecule has 14 nitrogen and oxygen atoms in total. The second kappa shape index (κ2) is 21.4. The Kier molecular flexibility index (Phi) is 15.8. The molecule has 0 spiro atoms. The number of hydrogen-bond donors (Lipinski definition) is 2. The number of hydrogen-bond acceptors (Lipinski definition) is 12. The van der Waals surface area contributed by atoms with Gasteiger partial charge in [-0.2, -0.15) is 5.06 Å². The zero-order valence-electron chi connectivity index (χ0n) is 41.1. The lowest BCUT2D eigenvalue weighted by Gasteiger charge is -2.50. The first-order chi connectivity index (χ1) is 32.7. The molecule has 2 aliphatic carbocycles. The van der Waals surface area contributed by atoms with Crippen LogP contribution in [-0.2, 0) is 60.7 Å². The minimum absolute atomic E-state index is 0.0254. The summed E-state index contributed by atoms with van der Waals surface area (Å²) in [6.45, 7) is 9.42. The van der Waals surface area contributed by atoms with E-state index in [1.54, 1.807) is 32.9 Å². The van der Waals surface area contributed by atoms with E-state index in [4.69, 9.17) is 28.5 Å². The molecule has 0 aromatic heterocycles. The van der Waals surface area contributed by atoms with Crippen LogP contribution >= 0.6 is 0 Å². The van der Waals surface area contributed by atoms with Crippen LogP contribution in [0.15, 0.2) is 60.7 Å². The maximum absolute atomic E-state index is 16.0. The Morgan fingerprint density at radius 1 is 0.941 bits per heavy atom. The Bertz CT molecular complexity index is 2100. The number of aliphatic hydroxyl groups excluding tert-OH is 1. The number of fused-ring (bicyclic) bond motifs is 5. The number of nitrogens with one attached hydrogen (secondary N) is 1. The Hall–Kier alpha value is -4.18. The summed E-state index contributed by atoms with van der Waals surface area (Å²) >= 11 is 0. The summed E-state index contributed by atoms with van der Waals surface area (Å²) in [7, 11) is 1.61. The first-order valence-electron chi connectivity index (χ1n) is 25.5. The molecule has 6 aliphatic rings. The van der Waals surface area contributed by atoms with Crippen LogP contribution in [0.2, 0.25) is 0 Å². The molecule has 2 aromatic rings. The lowest BCUT2D eigenvalue weighted by Crippen LogP contribution is -2.70. The molecule has 4 saturated heterocycles. The van der Waals surface area contributed by atoms with Crippen LogP contribution in [0.4, 0.5) is 0 Å². The molecule has 11 atom stereocenters. The number of unbranched alkanes of at least 4 members (excludes halogenated alkanes) is 4. The maximum atomic E-state index is 16.0. The molecule has 2 aromatic carbocycles. The van der Waals surface area contributed by atoms with Gasteiger partial charge < -0.3 is 39.0 Å². The molecule has 2 amide bonds. The predicted octanol–water partition coefficient (Wildman–Crippen LogP) is 7.38. The van der Waals surface area contributed by atoms with Gasteiger partial charge in [-0.1, -0.05) is 106 Å². The van der Waals surface area contributed by atoms with Crippen molar-refractivity contribution < 1.29 is 52.8 Å². The number of esters is 2. The van der Waals surface area contributed by atoms with E-state index >= 15 is 4.79 Å². The molecule has 372 valence electrons. The molecule has 68 heavy (non-hydrogen) atoms. The second-order valence-electron chi connectivity index (χ2n) is 21.2. The van der Waals surface area contributed by atoms with E-state index in [1.807, 2.05) is 48.5 Å². The van der Waals surface area contributed by atoms with Gasteiger partial charge in [0.05, 0.1) is 31.4 Å². The normalized spacial score (nSPS) is 30.0. The van der Waals surface area contributed by atoms with Gasteiger partial charge in [0.25, 0.3) is 0 Å². The highest BCUT2D eigenvalue weighted by Gasteiger charge is 2.77.